The Morgan fingerprint density at radius 3 is 2.38 bits per heavy atom. The normalized spacial score (nSPS) is 10.2. The van der Waals surface area contributed by atoms with E-state index in [0.717, 1.165) is 7.11 Å². The van der Waals surface area contributed by atoms with E-state index in [1.54, 1.807) is 12.1 Å². The number of hydrogen-bond donors (Lipinski definition) is 1. The van der Waals surface area contributed by atoms with Gasteiger partial charge in [0.2, 0.25) is 11.8 Å². The Bertz CT molecular complexity index is 873. The van der Waals surface area contributed by atoms with Crippen molar-refractivity contribution in [1.82, 2.24) is 4.98 Å². The molecule has 1 N–H and O–H groups in total. The van der Waals surface area contributed by atoms with Gasteiger partial charge in [-0.2, -0.15) is 0 Å². The molecule has 2 rings (SSSR count). The zero-order valence-corrected chi connectivity index (χ0v) is 16.1. The second-order valence-corrected chi connectivity index (χ2v) is 6.02. The van der Waals surface area contributed by atoms with Gasteiger partial charge in [0.1, 0.15) is 5.02 Å². The predicted molar refractivity (Wildman–Crippen MR) is 98.6 cm³/mol. The zero-order valence-electron chi connectivity index (χ0n) is 13.9. The Morgan fingerprint density at radius 2 is 1.81 bits per heavy atom. The van der Waals surface area contributed by atoms with Crippen LogP contribution in [0.15, 0.2) is 18.2 Å². The quantitative estimate of drug-likeness (QED) is 0.715. The number of carbonyl (C=O) groups excluding carboxylic acids is 2. The van der Waals surface area contributed by atoms with E-state index in [4.69, 9.17) is 44.3 Å². The number of hydrogen-bond acceptors (Lipinski definition) is 6. The average Bonchev–Trinajstić information content (AvgIpc) is 2.58. The molecule has 0 radical (unpaired) electrons. The van der Waals surface area contributed by atoms with Gasteiger partial charge < -0.3 is 19.5 Å². The van der Waals surface area contributed by atoms with Gasteiger partial charge in [-0.3, -0.25) is 4.79 Å². The van der Waals surface area contributed by atoms with E-state index in [0.29, 0.717) is 10.6 Å². The SMILES string of the molecule is COC(=O)Oc1nc(-c2ccc(Cl)c(OC)c2Cl)cc(NC(C)=O)c1Cl. The van der Waals surface area contributed by atoms with E-state index in [1.165, 1.54) is 20.1 Å². The van der Waals surface area contributed by atoms with Gasteiger partial charge in [-0.25, -0.2) is 9.78 Å². The summed E-state index contributed by atoms with van der Waals surface area (Å²) in [7, 11) is 2.55. The van der Waals surface area contributed by atoms with E-state index < -0.39 is 6.16 Å². The minimum atomic E-state index is -1.02. The molecule has 1 heterocycles. The maximum atomic E-state index is 11.4. The molecule has 2 aromatic rings. The Morgan fingerprint density at radius 1 is 1.12 bits per heavy atom. The number of benzene rings is 1. The summed E-state index contributed by atoms with van der Waals surface area (Å²) in [4.78, 5) is 27.0. The molecule has 10 heteroatoms. The lowest BCUT2D eigenvalue weighted by Gasteiger charge is -2.14. The molecule has 1 aromatic heterocycles. The number of nitrogens with one attached hydrogen (secondary N) is 1. The topological polar surface area (TPSA) is 86.8 Å². The Kier molecular flexibility index (Phi) is 6.52. The first-order chi connectivity index (χ1) is 12.3. The van der Waals surface area contributed by atoms with Gasteiger partial charge in [-0.05, 0) is 18.2 Å². The highest BCUT2D eigenvalue weighted by atomic mass is 35.5. The van der Waals surface area contributed by atoms with Gasteiger partial charge in [-0.1, -0.05) is 34.8 Å². The number of anilines is 1. The van der Waals surface area contributed by atoms with Crippen molar-refractivity contribution in [3.05, 3.63) is 33.3 Å². The van der Waals surface area contributed by atoms with Gasteiger partial charge >= 0.3 is 6.16 Å². The molecular formula is C16H13Cl3N2O5. The smallest absolute Gasteiger partial charge is 0.494 e. The van der Waals surface area contributed by atoms with Crippen molar-refractivity contribution in [2.24, 2.45) is 0 Å². The van der Waals surface area contributed by atoms with Crippen molar-refractivity contribution in [2.75, 3.05) is 19.5 Å². The van der Waals surface area contributed by atoms with Gasteiger partial charge in [-0.15, -0.1) is 0 Å². The number of halogens is 3. The third-order valence-electron chi connectivity index (χ3n) is 3.11. The van der Waals surface area contributed by atoms with Crippen LogP contribution in [0.4, 0.5) is 10.5 Å². The highest BCUT2D eigenvalue weighted by molar-refractivity contribution is 6.39. The zero-order chi connectivity index (χ0) is 19.4. The lowest BCUT2D eigenvalue weighted by Crippen LogP contribution is -2.12. The van der Waals surface area contributed by atoms with Crippen LogP contribution in [0.1, 0.15) is 6.92 Å². The van der Waals surface area contributed by atoms with E-state index in [2.05, 4.69) is 15.0 Å². The fourth-order valence-corrected chi connectivity index (χ4v) is 2.83. The number of aromatic nitrogens is 1. The second kappa shape index (κ2) is 8.44. The molecule has 0 saturated carbocycles. The number of pyridine rings is 1. The molecule has 0 aliphatic heterocycles. The summed E-state index contributed by atoms with van der Waals surface area (Å²) in [6.45, 7) is 1.30. The number of ether oxygens (including phenoxy) is 3. The summed E-state index contributed by atoms with van der Waals surface area (Å²) < 4.78 is 14.6. The van der Waals surface area contributed by atoms with Crippen molar-refractivity contribution >= 4 is 52.6 Å². The highest BCUT2D eigenvalue weighted by Gasteiger charge is 2.20. The molecule has 0 spiro atoms. The van der Waals surface area contributed by atoms with Crippen LogP contribution in [0.2, 0.25) is 15.1 Å². The molecule has 0 aliphatic carbocycles. The van der Waals surface area contributed by atoms with Crippen LogP contribution >= 0.6 is 34.8 Å². The first kappa shape index (κ1) is 20.1. The third-order valence-corrected chi connectivity index (χ3v) is 4.15. The van der Waals surface area contributed by atoms with E-state index in [-0.39, 0.29) is 39.0 Å². The van der Waals surface area contributed by atoms with E-state index >= 15 is 0 Å². The van der Waals surface area contributed by atoms with Gasteiger partial charge in [0, 0.05) is 12.5 Å². The molecule has 0 atom stereocenters. The second-order valence-electron chi connectivity index (χ2n) is 4.85. The van der Waals surface area contributed by atoms with Crippen LogP contribution in [0, 0.1) is 0 Å². The molecular weight excluding hydrogens is 407 g/mol. The maximum absolute atomic E-state index is 11.4. The Labute approximate surface area is 164 Å². The predicted octanol–water partition coefficient (Wildman–Crippen LogP) is 4.82. The van der Waals surface area contributed by atoms with Crippen LogP contribution in [-0.4, -0.2) is 31.3 Å². The fourth-order valence-electron chi connectivity index (χ4n) is 2.03. The van der Waals surface area contributed by atoms with Crippen molar-refractivity contribution in [3.63, 3.8) is 0 Å². The van der Waals surface area contributed by atoms with Crippen LogP contribution in [-0.2, 0) is 9.53 Å². The molecule has 0 aliphatic rings. The number of carbonyl (C=O) groups is 2. The average molecular weight is 420 g/mol. The van der Waals surface area contributed by atoms with E-state index in [9.17, 15) is 9.59 Å². The molecule has 1 aromatic carbocycles. The Balaban J connectivity index is 2.66. The fraction of sp³-hybridized carbons (Fsp3) is 0.188. The molecule has 0 bridgehead atoms. The largest absolute Gasteiger partial charge is 0.514 e. The number of methoxy groups -OCH3 is 2. The molecule has 7 nitrogen and oxygen atoms in total. The van der Waals surface area contributed by atoms with Crippen molar-refractivity contribution in [1.29, 1.82) is 0 Å². The maximum Gasteiger partial charge on any atom is 0.514 e. The van der Waals surface area contributed by atoms with Crippen LogP contribution in [0.25, 0.3) is 11.3 Å². The number of rotatable bonds is 4. The number of amides is 1. The monoisotopic (exact) mass is 418 g/mol. The van der Waals surface area contributed by atoms with Gasteiger partial charge in [0.25, 0.3) is 0 Å². The Hall–Kier alpha value is -2.22. The lowest BCUT2D eigenvalue weighted by atomic mass is 10.1. The summed E-state index contributed by atoms with van der Waals surface area (Å²) >= 11 is 18.5. The third kappa shape index (κ3) is 4.30. The molecule has 0 saturated heterocycles. The van der Waals surface area contributed by atoms with Crippen molar-refractivity contribution < 1.29 is 23.8 Å². The van der Waals surface area contributed by atoms with Gasteiger partial charge in [0.05, 0.1) is 35.6 Å². The minimum absolute atomic E-state index is 0.0774. The first-order valence-electron chi connectivity index (χ1n) is 7.04. The van der Waals surface area contributed by atoms with Crippen LogP contribution in [0.5, 0.6) is 11.6 Å². The molecule has 1 amide bonds. The molecule has 0 unspecified atom stereocenters. The van der Waals surface area contributed by atoms with Crippen molar-refractivity contribution in [2.45, 2.75) is 6.92 Å². The van der Waals surface area contributed by atoms with Crippen molar-refractivity contribution in [3.8, 4) is 22.9 Å². The first-order valence-corrected chi connectivity index (χ1v) is 8.18. The van der Waals surface area contributed by atoms with E-state index in [1.807, 2.05) is 0 Å². The summed E-state index contributed by atoms with van der Waals surface area (Å²) in [5.41, 5.74) is 0.857. The van der Waals surface area contributed by atoms with Crippen LogP contribution < -0.4 is 14.8 Å². The van der Waals surface area contributed by atoms with Crippen LogP contribution in [0.3, 0.4) is 0 Å². The summed E-state index contributed by atoms with van der Waals surface area (Å²) in [6.07, 6.45) is -1.02. The molecule has 138 valence electrons. The highest BCUT2D eigenvalue weighted by Crippen LogP contribution is 2.42. The number of nitrogens with zero attached hydrogens (tertiary/aromatic N) is 1. The molecule has 26 heavy (non-hydrogen) atoms. The summed E-state index contributed by atoms with van der Waals surface area (Å²) in [5, 5.41) is 2.95. The van der Waals surface area contributed by atoms with Gasteiger partial charge in [0.15, 0.2) is 5.75 Å². The standard InChI is InChI=1S/C16H13Cl3N2O5/c1-7(22)20-11-6-10(21-15(13(11)19)26-16(23)25-3)8-4-5-9(17)14(24-2)12(8)18/h4-6H,1-3H3,(H,20,21,22). The summed E-state index contributed by atoms with van der Waals surface area (Å²) in [5.74, 6) is -0.392. The lowest BCUT2D eigenvalue weighted by molar-refractivity contribution is -0.114. The minimum Gasteiger partial charge on any atom is -0.494 e. The summed E-state index contributed by atoms with van der Waals surface area (Å²) in [6, 6.07) is 4.64. The molecule has 0 fully saturated rings.